The maximum absolute atomic E-state index is 12.4. The number of nitrogens with zero attached hydrogens (tertiary/aromatic N) is 2. The fourth-order valence-corrected chi connectivity index (χ4v) is 2.81. The van der Waals surface area contributed by atoms with Gasteiger partial charge in [-0.1, -0.05) is 11.6 Å². The molecule has 1 aromatic heterocycles. The van der Waals surface area contributed by atoms with Crippen LogP contribution in [0.25, 0.3) is 0 Å². The number of hydrogen-bond donors (Lipinski definition) is 2. The van der Waals surface area contributed by atoms with Crippen molar-refractivity contribution in [1.29, 1.82) is 0 Å². The van der Waals surface area contributed by atoms with E-state index in [1.807, 2.05) is 4.90 Å². The van der Waals surface area contributed by atoms with E-state index < -0.39 is 0 Å². The number of ether oxygens (including phenoxy) is 1. The van der Waals surface area contributed by atoms with Crippen molar-refractivity contribution in [3.63, 3.8) is 0 Å². The van der Waals surface area contributed by atoms with Crippen molar-refractivity contribution in [2.24, 2.45) is 5.92 Å². The van der Waals surface area contributed by atoms with Gasteiger partial charge in [-0.15, -0.1) is 0 Å². The Kier molecular flexibility index (Phi) is 5.25. The van der Waals surface area contributed by atoms with Gasteiger partial charge in [0.25, 0.3) is 5.91 Å². The zero-order valence-corrected chi connectivity index (χ0v) is 12.4. The predicted octanol–water partition coefficient (Wildman–Crippen LogP) is 1.92. The Balaban J connectivity index is 1.94. The molecule has 1 saturated heterocycles. The number of rotatable bonds is 5. The smallest absolute Gasteiger partial charge is 0.273 e. The van der Waals surface area contributed by atoms with E-state index in [4.69, 9.17) is 22.1 Å². The standard InChI is InChI=1S/C13H21ClN4O2/c1-20-7-3-5-9-4-2-6-18(8-9)13(19)11-10(14)12(15)17-16-11/h9H,2-8H2,1H3,(H3,15,16,17). The van der Waals surface area contributed by atoms with Crippen molar-refractivity contribution >= 4 is 23.3 Å². The Bertz CT molecular complexity index is 463. The SMILES string of the molecule is COCCCC1CCCN(C(=O)c2[nH]nc(N)c2Cl)C1. The minimum absolute atomic E-state index is 0.115. The lowest BCUT2D eigenvalue weighted by Crippen LogP contribution is -2.40. The first kappa shape index (κ1) is 15.1. The van der Waals surface area contributed by atoms with Gasteiger partial charge in [-0.2, -0.15) is 5.10 Å². The molecule has 1 amide bonds. The first-order chi connectivity index (χ1) is 9.63. The van der Waals surface area contributed by atoms with Gasteiger partial charge in [-0.05, 0) is 31.6 Å². The Labute approximate surface area is 123 Å². The number of aromatic amines is 1. The molecule has 0 radical (unpaired) electrons. The fourth-order valence-electron chi connectivity index (χ4n) is 2.64. The van der Waals surface area contributed by atoms with Crippen molar-refractivity contribution in [2.45, 2.75) is 25.7 Å². The minimum atomic E-state index is -0.115. The third kappa shape index (κ3) is 3.43. The summed E-state index contributed by atoms with van der Waals surface area (Å²) in [6.45, 7) is 2.29. The first-order valence-corrected chi connectivity index (χ1v) is 7.28. The van der Waals surface area contributed by atoms with Crippen LogP contribution in [0.4, 0.5) is 5.82 Å². The summed E-state index contributed by atoms with van der Waals surface area (Å²) in [5.41, 5.74) is 5.85. The van der Waals surface area contributed by atoms with Gasteiger partial charge in [0.05, 0.1) is 0 Å². The molecule has 0 bridgehead atoms. The first-order valence-electron chi connectivity index (χ1n) is 6.91. The number of hydrogen-bond acceptors (Lipinski definition) is 4. The molecule has 1 aromatic rings. The molecule has 7 heteroatoms. The summed E-state index contributed by atoms with van der Waals surface area (Å²) in [7, 11) is 1.71. The fraction of sp³-hybridized carbons (Fsp3) is 0.692. The molecule has 1 aliphatic heterocycles. The highest BCUT2D eigenvalue weighted by Crippen LogP contribution is 2.25. The summed E-state index contributed by atoms with van der Waals surface area (Å²) in [5.74, 6) is 0.584. The molecule has 1 fully saturated rings. The van der Waals surface area contributed by atoms with Crippen LogP contribution in [-0.4, -0.2) is 47.8 Å². The van der Waals surface area contributed by atoms with Gasteiger partial charge in [0.1, 0.15) is 10.7 Å². The second-order valence-corrected chi connectivity index (χ2v) is 5.57. The molecule has 0 saturated carbocycles. The molecule has 20 heavy (non-hydrogen) atoms. The van der Waals surface area contributed by atoms with Crippen molar-refractivity contribution in [2.75, 3.05) is 32.5 Å². The molecule has 0 aliphatic carbocycles. The number of H-pyrrole nitrogens is 1. The maximum atomic E-state index is 12.4. The van der Waals surface area contributed by atoms with Crippen LogP contribution in [0.3, 0.4) is 0 Å². The highest BCUT2D eigenvalue weighted by Gasteiger charge is 2.27. The van der Waals surface area contributed by atoms with E-state index in [0.717, 1.165) is 45.4 Å². The predicted molar refractivity (Wildman–Crippen MR) is 77.7 cm³/mol. The van der Waals surface area contributed by atoms with E-state index in [1.54, 1.807) is 7.11 Å². The van der Waals surface area contributed by atoms with E-state index in [9.17, 15) is 4.79 Å². The van der Waals surface area contributed by atoms with Crippen LogP contribution in [0.2, 0.25) is 5.02 Å². The topological polar surface area (TPSA) is 84.2 Å². The highest BCUT2D eigenvalue weighted by atomic mass is 35.5. The molecule has 0 spiro atoms. The number of nitrogens with two attached hydrogens (primary N) is 1. The van der Waals surface area contributed by atoms with Crippen LogP contribution >= 0.6 is 11.6 Å². The zero-order chi connectivity index (χ0) is 14.5. The Morgan fingerprint density at radius 1 is 1.65 bits per heavy atom. The van der Waals surface area contributed by atoms with Crippen molar-refractivity contribution in [1.82, 2.24) is 15.1 Å². The number of anilines is 1. The van der Waals surface area contributed by atoms with Gasteiger partial charge in [-0.25, -0.2) is 0 Å². The van der Waals surface area contributed by atoms with Crippen LogP contribution in [0.15, 0.2) is 0 Å². The Hall–Kier alpha value is -1.27. The molecule has 112 valence electrons. The summed E-state index contributed by atoms with van der Waals surface area (Å²) in [5, 5.41) is 6.61. The third-order valence-electron chi connectivity index (χ3n) is 3.71. The average Bonchev–Trinajstić information content (AvgIpc) is 2.79. The van der Waals surface area contributed by atoms with Crippen molar-refractivity contribution < 1.29 is 9.53 Å². The monoisotopic (exact) mass is 300 g/mol. The molecular formula is C13H21ClN4O2. The van der Waals surface area contributed by atoms with Gasteiger partial charge in [0.2, 0.25) is 0 Å². The van der Waals surface area contributed by atoms with E-state index in [2.05, 4.69) is 10.2 Å². The van der Waals surface area contributed by atoms with Crippen LogP contribution in [0.1, 0.15) is 36.2 Å². The van der Waals surface area contributed by atoms with Gasteiger partial charge in [0.15, 0.2) is 5.82 Å². The Morgan fingerprint density at radius 2 is 2.45 bits per heavy atom. The van der Waals surface area contributed by atoms with Crippen molar-refractivity contribution in [3.05, 3.63) is 10.7 Å². The molecule has 1 unspecified atom stereocenters. The normalized spacial score (nSPS) is 19.3. The third-order valence-corrected chi connectivity index (χ3v) is 4.10. The number of likely N-dealkylation sites (tertiary alicyclic amines) is 1. The Morgan fingerprint density at radius 3 is 3.10 bits per heavy atom. The molecule has 1 aliphatic rings. The van der Waals surface area contributed by atoms with Crippen LogP contribution < -0.4 is 5.73 Å². The number of halogens is 1. The number of piperidine rings is 1. The lowest BCUT2D eigenvalue weighted by molar-refractivity contribution is 0.0654. The van der Waals surface area contributed by atoms with E-state index in [1.165, 1.54) is 0 Å². The molecule has 1 atom stereocenters. The van der Waals surface area contributed by atoms with Crippen LogP contribution in [0.5, 0.6) is 0 Å². The molecule has 2 heterocycles. The second-order valence-electron chi connectivity index (χ2n) is 5.19. The van der Waals surface area contributed by atoms with Gasteiger partial charge in [0, 0.05) is 26.8 Å². The summed E-state index contributed by atoms with van der Waals surface area (Å²) in [4.78, 5) is 14.2. The van der Waals surface area contributed by atoms with Gasteiger partial charge >= 0.3 is 0 Å². The maximum Gasteiger partial charge on any atom is 0.273 e. The number of aromatic nitrogens is 2. The van der Waals surface area contributed by atoms with Gasteiger partial charge < -0.3 is 15.4 Å². The van der Waals surface area contributed by atoms with E-state index >= 15 is 0 Å². The van der Waals surface area contributed by atoms with E-state index in [-0.39, 0.29) is 16.7 Å². The number of carbonyl (C=O) groups excluding carboxylic acids is 1. The molecular weight excluding hydrogens is 280 g/mol. The number of carbonyl (C=O) groups is 1. The van der Waals surface area contributed by atoms with Crippen LogP contribution in [0, 0.1) is 5.92 Å². The lowest BCUT2D eigenvalue weighted by atomic mass is 9.93. The summed E-state index contributed by atoms with van der Waals surface area (Å²) >= 11 is 5.98. The largest absolute Gasteiger partial charge is 0.385 e. The highest BCUT2D eigenvalue weighted by molar-refractivity contribution is 6.35. The summed E-state index contributed by atoms with van der Waals surface area (Å²) in [6.07, 6.45) is 4.29. The molecule has 3 N–H and O–H groups in total. The van der Waals surface area contributed by atoms with E-state index in [0.29, 0.717) is 11.6 Å². The van der Waals surface area contributed by atoms with Gasteiger partial charge in [-0.3, -0.25) is 9.89 Å². The molecule has 2 rings (SSSR count). The summed E-state index contributed by atoms with van der Waals surface area (Å²) in [6, 6.07) is 0. The average molecular weight is 301 g/mol. The van der Waals surface area contributed by atoms with Crippen molar-refractivity contribution in [3.8, 4) is 0 Å². The zero-order valence-electron chi connectivity index (χ0n) is 11.7. The van der Waals surface area contributed by atoms with Crippen LogP contribution in [-0.2, 0) is 4.74 Å². The lowest BCUT2D eigenvalue weighted by Gasteiger charge is -2.32. The minimum Gasteiger partial charge on any atom is -0.385 e. The molecule has 0 aromatic carbocycles. The second kappa shape index (κ2) is 6.95. The number of amides is 1. The summed E-state index contributed by atoms with van der Waals surface area (Å²) < 4.78 is 5.07. The quantitative estimate of drug-likeness (QED) is 0.814. The molecule has 6 nitrogen and oxygen atoms in total. The number of nitrogen functional groups attached to an aromatic ring is 1. The number of nitrogens with one attached hydrogen (secondary N) is 1. The number of methoxy groups -OCH3 is 1.